The minimum Gasteiger partial charge on any atom is -0.349 e. The molecule has 4 aliphatic rings. The number of aryl methyl sites for hydroxylation is 1. The molecule has 1 saturated heterocycles. The third-order valence-electron chi connectivity index (χ3n) is 7.53. The first-order valence-corrected chi connectivity index (χ1v) is 11.2. The number of piperidine rings is 1. The van der Waals surface area contributed by atoms with E-state index < -0.39 is 0 Å². The van der Waals surface area contributed by atoms with Gasteiger partial charge >= 0.3 is 0 Å². The van der Waals surface area contributed by atoms with Gasteiger partial charge in [0.15, 0.2) is 5.65 Å². The van der Waals surface area contributed by atoms with E-state index >= 15 is 0 Å². The molecule has 3 fully saturated rings. The van der Waals surface area contributed by atoms with Crippen LogP contribution in [0.2, 0.25) is 0 Å². The van der Waals surface area contributed by atoms with E-state index in [2.05, 4.69) is 20.3 Å². The number of amides is 1. The molecule has 158 valence electrons. The normalized spacial score (nSPS) is 29.5. The first kappa shape index (κ1) is 17.6. The van der Waals surface area contributed by atoms with Crippen LogP contribution in [0.5, 0.6) is 0 Å². The Kier molecular flexibility index (Phi) is 3.55. The van der Waals surface area contributed by atoms with Crippen molar-refractivity contribution in [2.24, 2.45) is 17.8 Å². The van der Waals surface area contributed by atoms with Gasteiger partial charge in [-0.15, -0.1) is 0 Å². The molecule has 3 aromatic heterocycles. The lowest BCUT2D eigenvalue weighted by atomic mass is 9.95. The van der Waals surface area contributed by atoms with Crippen LogP contribution in [0.1, 0.15) is 53.3 Å². The Bertz CT molecular complexity index is 1220. The fraction of sp³-hybridized carbons (Fsp3) is 0.478. The molecule has 2 aliphatic heterocycles. The van der Waals surface area contributed by atoms with Crippen LogP contribution in [0.25, 0.3) is 5.65 Å². The molecule has 2 saturated carbocycles. The minimum atomic E-state index is -0.291. The topological polar surface area (TPSA) is 75.4 Å². The molecule has 0 unspecified atom stereocenters. The van der Waals surface area contributed by atoms with Crippen molar-refractivity contribution in [3.63, 3.8) is 0 Å². The van der Waals surface area contributed by atoms with Crippen molar-refractivity contribution in [1.82, 2.24) is 24.9 Å². The summed E-state index contributed by atoms with van der Waals surface area (Å²) in [7, 11) is 0. The number of hydrogen-bond donors (Lipinski definition) is 1. The summed E-state index contributed by atoms with van der Waals surface area (Å²) in [5.41, 5.74) is 3.02. The maximum absolute atomic E-state index is 14.3. The Balaban J connectivity index is 1.41. The smallest absolute Gasteiger partial charge is 0.256 e. The molecule has 3 aromatic rings. The second kappa shape index (κ2) is 6.24. The van der Waals surface area contributed by atoms with E-state index in [9.17, 15) is 9.18 Å². The summed E-state index contributed by atoms with van der Waals surface area (Å²) in [5.74, 6) is 2.02. The van der Waals surface area contributed by atoms with Gasteiger partial charge in [-0.3, -0.25) is 9.78 Å². The molecule has 31 heavy (non-hydrogen) atoms. The van der Waals surface area contributed by atoms with Gasteiger partial charge in [-0.25, -0.2) is 13.9 Å². The summed E-state index contributed by atoms with van der Waals surface area (Å²) in [4.78, 5) is 24.8. The van der Waals surface area contributed by atoms with Gasteiger partial charge in [0.25, 0.3) is 5.91 Å². The Labute approximate surface area is 178 Å². The summed E-state index contributed by atoms with van der Waals surface area (Å²) in [6.07, 6.45) is 9.76. The second-order valence-electron chi connectivity index (χ2n) is 9.51. The predicted molar refractivity (Wildman–Crippen MR) is 111 cm³/mol. The van der Waals surface area contributed by atoms with Gasteiger partial charge in [-0.05, 0) is 67.6 Å². The summed E-state index contributed by atoms with van der Waals surface area (Å²) in [5, 5.41) is 7.57. The Morgan fingerprint density at radius 2 is 2.06 bits per heavy atom. The molecular formula is C23H23FN6O. The van der Waals surface area contributed by atoms with Crippen LogP contribution >= 0.6 is 0 Å². The highest BCUT2D eigenvalue weighted by atomic mass is 19.1. The monoisotopic (exact) mass is 418 g/mol. The first-order chi connectivity index (χ1) is 15.2. The van der Waals surface area contributed by atoms with Crippen molar-refractivity contribution in [3.8, 4) is 0 Å². The van der Waals surface area contributed by atoms with Gasteiger partial charge in [-0.2, -0.15) is 5.10 Å². The highest BCUT2D eigenvalue weighted by Gasteiger charge is 2.54. The lowest BCUT2D eigenvalue weighted by molar-refractivity contribution is 0.0931. The van der Waals surface area contributed by atoms with Gasteiger partial charge in [0, 0.05) is 24.5 Å². The molecule has 2 aliphatic carbocycles. The van der Waals surface area contributed by atoms with E-state index in [0.29, 0.717) is 29.0 Å². The molecule has 1 amide bonds. The molecule has 2 bridgehead atoms. The van der Waals surface area contributed by atoms with Crippen molar-refractivity contribution in [2.45, 2.75) is 44.2 Å². The maximum atomic E-state index is 14.3. The molecule has 7 nitrogen and oxygen atoms in total. The van der Waals surface area contributed by atoms with E-state index in [4.69, 9.17) is 4.98 Å². The fourth-order valence-corrected chi connectivity index (χ4v) is 5.69. The standard InChI is InChI=1S/C23H23FN6O/c24-14-8-16-19(25-9-14)4-3-18(12-1-2-12)27-23(31)17-10-26-30-6-5-20(28-22(17)30)29-11-13-7-15(13)21(16)29/h5-6,8-10,12-13,15,18,21H,1-4,7,11H2,(H,27,31)/t13-,15-,18+,21-/m1/s1. The Morgan fingerprint density at radius 3 is 2.94 bits per heavy atom. The van der Waals surface area contributed by atoms with E-state index in [0.717, 1.165) is 49.3 Å². The maximum Gasteiger partial charge on any atom is 0.256 e. The Morgan fingerprint density at radius 1 is 1.16 bits per heavy atom. The fourth-order valence-electron chi connectivity index (χ4n) is 5.69. The number of nitrogens with one attached hydrogen (secondary N) is 1. The van der Waals surface area contributed by atoms with Gasteiger partial charge in [-0.1, -0.05) is 0 Å². The summed E-state index contributed by atoms with van der Waals surface area (Å²) < 4.78 is 16.0. The Hall–Kier alpha value is -3.03. The first-order valence-electron chi connectivity index (χ1n) is 11.2. The number of carbonyl (C=O) groups is 1. The highest BCUT2D eigenvalue weighted by Crippen LogP contribution is 2.57. The summed E-state index contributed by atoms with van der Waals surface area (Å²) in [6.45, 7) is 0.898. The highest BCUT2D eigenvalue weighted by molar-refractivity contribution is 6.00. The second-order valence-corrected chi connectivity index (χ2v) is 9.51. The van der Waals surface area contributed by atoms with Gasteiger partial charge in [0.1, 0.15) is 17.2 Å². The van der Waals surface area contributed by atoms with Crippen molar-refractivity contribution in [3.05, 3.63) is 53.4 Å². The number of carbonyl (C=O) groups excluding carboxylic acids is 1. The molecule has 5 heterocycles. The zero-order chi connectivity index (χ0) is 20.7. The van der Waals surface area contributed by atoms with E-state index in [1.54, 1.807) is 16.8 Å². The van der Waals surface area contributed by atoms with Gasteiger partial charge < -0.3 is 10.2 Å². The lowest BCUT2D eigenvalue weighted by Crippen LogP contribution is -2.37. The predicted octanol–water partition coefficient (Wildman–Crippen LogP) is 2.92. The van der Waals surface area contributed by atoms with Crippen molar-refractivity contribution >= 4 is 17.4 Å². The van der Waals surface area contributed by atoms with Gasteiger partial charge in [0.2, 0.25) is 0 Å². The molecular weight excluding hydrogens is 395 g/mol. The zero-order valence-electron chi connectivity index (χ0n) is 17.0. The lowest BCUT2D eigenvalue weighted by Gasteiger charge is -2.30. The number of aromatic nitrogens is 4. The molecule has 0 spiro atoms. The number of rotatable bonds is 1. The minimum absolute atomic E-state index is 0.0771. The number of pyridine rings is 1. The molecule has 1 N–H and O–H groups in total. The largest absolute Gasteiger partial charge is 0.349 e. The molecule has 7 rings (SSSR count). The third kappa shape index (κ3) is 2.77. The van der Waals surface area contributed by atoms with Crippen LogP contribution < -0.4 is 10.2 Å². The average Bonchev–Trinajstić information content (AvgIpc) is 3.68. The van der Waals surface area contributed by atoms with Crippen LogP contribution in [0, 0.1) is 23.6 Å². The molecule has 4 atom stereocenters. The molecule has 8 heteroatoms. The van der Waals surface area contributed by atoms with Crippen LogP contribution in [0.15, 0.2) is 30.7 Å². The quantitative estimate of drug-likeness (QED) is 0.658. The van der Waals surface area contributed by atoms with Crippen LogP contribution in [-0.2, 0) is 6.42 Å². The van der Waals surface area contributed by atoms with Crippen molar-refractivity contribution in [1.29, 1.82) is 0 Å². The molecule has 0 aromatic carbocycles. The van der Waals surface area contributed by atoms with Gasteiger partial charge in [0.05, 0.1) is 18.4 Å². The van der Waals surface area contributed by atoms with E-state index in [1.165, 1.54) is 12.6 Å². The average molecular weight is 418 g/mol. The number of hydrogen-bond acceptors (Lipinski definition) is 5. The summed E-state index contributed by atoms with van der Waals surface area (Å²) in [6, 6.07) is 3.78. The number of halogens is 1. The SMILES string of the molecule is O=C1N[C@H](C2CC2)CCc2ncc(F)cc2[C@H]2[C@@H]3C[C@@H]3CN2c2ccn3ncc1c3n2. The van der Waals surface area contributed by atoms with Crippen LogP contribution in [0.4, 0.5) is 10.2 Å². The number of fused-ring (bicyclic) bond motifs is 7. The van der Waals surface area contributed by atoms with Crippen molar-refractivity contribution < 1.29 is 9.18 Å². The number of anilines is 1. The zero-order valence-corrected chi connectivity index (χ0v) is 17.0. The van der Waals surface area contributed by atoms with Crippen molar-refractivity contribution in [2.75, 3.05) is 11.4 Å². The molecule has 0 radical (unpaired) electrons. The van der Waals surface area contributed by atoms with E-state index in [1.807, 2.05) is 12.3 Å². The van der Waals surface area contributed by atoms with Crippen LogP contribution in [-0.4, -0.2) is 38.1 Å². The summed E-state index contributed by atoms with van der Waals surface area (Å²) >= 11 is 0. The third-order valence-corrected chi connectivity index (χ3v) is 7.53. The van der Waals surface area contributed by atoms with Crippen LogP contribution in [0.3, 0.4) is 0 Å². The van der Waals surface area contributed by atoms with E-state index in [-0.39, 0.29) is 23.8 Å². The number of nitrogens with zero attached hydrogens (tertiary/aromatic N) is 5.